The Hall–Kier alpha value is -2.86. The summed E-state index contributed by atoms with van der Waals surface area (Å²) in [6, 6.07) is 13.8. The van der Waals surface area contributed by atoms with Gasteiger partial charge in [0.05, 0.1) is 11.4 Å². The fourth-order valence-corrected chi connectivity index (χ4v) is 3.28. The van der Waals surface area contributed by atoms with E-state index in [1.807, 2.05) is 12.1 Å². The molecule has 0 bridgehead atoms. The normalized spacial score (nSPS) is 10.8. The third kappa shape index (κ3) is 8.42. The summed E-state index contributed by atoms with van der Waals surface area (Å²) in [5.74, 6) is -0.378. The number of amides is 2. The molecule has 31 heavy (non-hydrogen) atoms. The molecule has 2 rings (SSSR count). The number of hydrogen-bond acceptors (Lipinski definition) is 4. The maximum absolute atomic E-state index is 12.4. The summed E-state index contributed by atoms with van der Waals surface area (Å²) < 4.78 is 0. The first-order chi connectivity index (χ1) is 15.0. The molecule has 0 spiro atoms. The number of nitrogens with two attached hydrogens (primary N) is 1. The Morgan fingerprint density at radius 1 is 0.806 bits per heavy atom. The molecule has 0 atom stereocenters. The summed E-state index contributed by atoms with van der Waals surface area (Å²) in [6.07, 6.45) is 5.76. The van der Waals surface area contributed by atoms with Crippen molar-refractivity contribution >= 4 is 23.2 Å². The van der Waals surface area contributed by atoms with E-state index < -0.39 is 0 Å². The largest absolute Gasteiger partial charge is 0.397 e. The predicted octanol–water partition coefficient (Wildman–Crippen LogP) is 4.54. The van der Waals surface area contributed by atoms with Crippen LogP contribution >= 0.6 is 0 Å². The second-order valence-corrected chi connectivity index (χ2v) is 7.78. The van der Waals surface area contributed by atoms with Gasteiger partial charge >= 0.3 is 0 Å². The predicted molar refractivity (Wildman–Crippen MR) is 128 cm³/mol. The van der Waals surface area contributed by atoms with E-state index in [0.29, 0.717) is 29.0 Å². The zero-order chi connectivity index (χ0) is 22.5. The molecule has 0 saturated carbocycles. The van der Waals surface area contributed by atoms with E-state index in [9.17, 15) is 9.59 Å². The lowest BCUT2D eigenvalue weighted by Gasteiger charge is -2.21. The Labute approximate surface area is 186 Å². The molecule has 4 N–H and O–H groups in total. The van der Waals surface area contributed by atoms with Gasteiger partial charge < -0.3 is 21.3 Å². The third-order valence-electron chi connectivity index (χ3n) is 5.21. The highest BCUT2D eigenvalue weighted by Gasteiger charge is 2.10. The lowest BCUT2D eigenvalue weighted by Crippen LogP contribution is -2.31. The Balaban J connectivity index is 1.79. The van der Waals surface area contributed by atoms with Gasteiger partial charge in [-0.05, 0) is 75.3 Å². The van der Waals surface area contributed by atoms with E-state index >= 15 is 0 Å². The molecule has 6 heteroatoms. The number of nitrogens with one attached hydrogen (secondary N) is 2. The molecule has 0 aliphatic heterocycles. The van der Waals surface area contributed by atoms with Crippen molar-refractivity contribution in [3.05, 3.63) is 59.7 Å². The first-order valence-corrected chi connectivity index (χ1v) is 11.3. The number of anilines is 2. The van der Waals surface area contributed by atoms with Crippen LogP contribution in [0.1, 0.15) is 66.7 Å². The minimum atomic E-state index is -0.260. The summed E-state index contributed by atoms with van der Waals surface area (Å²) in [6.45, 7) is 8.32. The Bertz CT molecular complexity index is 813. The Morgan fingerprint density at radius 3 is 1.94 bits per heavy atom. The molecule has 0 aliphatic rings. The third-order valence-corrected chi connectivity index (χ3v) is 5.21. The molecule has 168 valence electrons. The molecule has 2 amide bonds. The van der Waals surface area contributed by atoms with E-state index in [1.165, 1.54) is 25.7 Å². The van der Waals surface area contributed by atoms with Crippen LogP contribution in [0, 0.1) is 0 Å². The smallest absolute Gasteiger partial charge is 0.255 e. The number of unbranched alkanes of at least 4 members (excludes halogenated alkanes) is 2. The van der Waals surface area contributed by atoms with E-state index in [-0.39, 0.29) is 11.8 Å². The van der Waals surface area contributed by atoms with Gasteiger partial charge in [0.1, 0.15) is 0 Å². The first-order valence-electron chi connectivity index (χ1n) is 11.3. The Kier molecular flexibility index (Phi) is 10.6. The van der Waals surface area contributed by atoms with Crippen molar-refractivity contribution in [1.82, 2.24) is 10.2 Å². The molecule has 0 aliphatic carbocycles. The quantitative estimate of drug-likeness (QED) is 0.325. The van der Waals surface area contributed by atoms with Gasteiger partial charge in [-0.1, -0.05) is 38.8 Å². The molecule has 0 heterocycles. The number of carbonyl (C=O) groups excluding carboxylic acids is 2. The number of rotatable bonds is 13. The number of nitrogens with zero attached hydrogens (tertiary/aromatic N) is 1. The molecule has 2 aromatic carbocycles. The topological polar surface area (TPSA) is 87.5 Å². The number of nitrogen functional groups attached to an aromatic ring is 1. The van der Waals surface area contributed by atoms with Crippen molar-refractivity contribution in [2.45, 2.75) is 46.0 Å². The maximum atomic E-state index is 12.4. The molecular weight excluding hydrogens is 388 g/mol. The lowest BCUT2D eigenvalue weighted by atomic mass is 10.1. The summed E-state index contributed by atoms with van der Waals surface area (Å²) >= 11 is 0. The highest BCUT2D eigenvalue weighted by Crippen LogP contribution is 2.18. The van der Waals surface area contributed by atoms with Gasteiger partial charge in [-0.25, -0.2) is 0 Å². The van der Waals surface area contributed by atoms with Gasteiger partial charge in [0.25, 0.3) is 11.8 Å². The number of carbonyl (C=O) groups is 2. The van der Waals surface area contributed by atoms with Crippen molar-refractivity contribution in [3.63, 3.8) is 0 Å². The zero-order valence-electron chi connectivity index (χ0n) is 18.8. The maximum Gasteiger partial charge on any atom is 0.255 e. The first kappa shape index (κ1) is 24.4. The minimum Gasteiger partial charge on any atom is -0.397 e. The van der Waals surface area contributed by atoms with Crippen LogP contribution in [0.15, 0.2) is 48.5 Å². The number of para-hydroxylation sites is 2. The zero-order valence-corrected chi connectivity index (χ0v) is 18.8. The van der Waals surface area contributed by atoms with Crippen LogP contribution in [0.2, 0.25) is 0 Å². The van der Waals surface area contributed by atoms with Crippen LogP contribution in [-0.2, 0) is 0 Å². The molecular formula is C25H36N4O2. The van der Waals surface area contributed by atoms with Crippen LogP contribution in [-0.4, -0.2) is 42.9 Å². The average molecular weight is 425 g/mol. The summed E-state index contributed by atoms with van der Waals surface area (Å²) in [5, 5.41) is 5.77. The second kappa shape index (κ2) is 13.4. The average Bonchev–Trinajstić information content (AvgIpc) is 2.79. The van der Waals surface area contributed by atoms with Gasteiger partial charge in [-0.15, -0.1) is 0 Å². The monoisotopic (exact) mass is 424 g/mol. The summed E-state index contributed by atoms with van der Waals surface area (Å²) in [7, 11) is 0. The van der Waals surface area contributed by atoms with Crippen LogP contribution in [0.25, 0.3) is 0 Å². The molecule has 0 unspecified atom stereocenters. The standard InChI is InChI=1S/C25H36N4O2/c1-3-5-17-29(18-6-4-2)19-9-16-27-24(30)20-12-14-21(15-13-20)25(31)28-23-11-8-7-10-22(23)26/h7-8,10-15H,3-6,9,16-19,26H2,1-2H3,(H,27,30)(H,28,31). The molecule has 0 aromatic heterocycles. The molecule has 6 nitrogen and oxygen atoms in total. The van der Waals surface area contributed by atoms with Crippen LogP contribution < -0.4 is 16.4 Å². The van der Waals surface area contributed by atoms with E-state index in [4.69, 9.17) is 5.73 Å². The molecule has 0 fully saturated rings. The van der Waals surface area contributed by atoms with E-state index in [0.717, 1.165) is 26.1 Å². The molecule has 0 saturated heterocycles. The van der Waals surface area contributed by atoms with Gasteiger partial charge in [0.2, 0.25) is 0 Å². The number of benzene rings is 2. The van der Waals surface area contributed by atoms with Crippen molar-refractivity contribution in [2.75, 3.05) is 37.2 Å². The molecule has 0 radical (unpaired) electrons. The summed E-state index contributed by atoms with van der Waals surface area (Å²) in [5.41, 5.74) is 7.96. The van der Waals surface area contributed by atoms with Crippen molar-refractivity contribution < 1.29 is 9.59 Å². The minimum absolute atomic E-state index is 0.118. The fourth-order valence-electron chi connectivity index (χ4n) is 3.28. The highest BCUT2D eigenvalue weighted by molar-refractivity contribution is 6.06. The van der Waals surface area contributed by atoms with Gasteiger partial charge in [-0.3, -0.25) is 9.59 Å². The van der Waals surface area contributed by atoms with Crippen molar-refractivity contribution in [3.8, 4) is 0 Å². The highest BCUT2D eigenvalue weighted by atomic mass is 16.2. The number of hydrogen-bond donors (Lipinski definition) is 3. The van der Waals surface area contributed by atoms with Gasteiger partial charge in [0.15, 0.2) is 0 Å². The summed E-state index contributed by atoms with van der Waals surface area (Å²) in [4.78, 5) is 27.3. The van der Waals surface area contributed by atoms with Crippen LogP contribution in [0.5, 0.6) is 0 Å². The van der Waals surface area contributed by atoms with Gasteiger partial charge in [-0.2, -0.15) is 0 Å². The SMILES string of the molecule is CCCCN(CCCC)CCCNC(=O)c1ccc(C(=O)Nc2ccccc2N)cc1. The second-order valence-electron chi connectivity index (χ2n) is 7.78. The van der Waals surface area contributed by atoms with Crippen LogP contribution in [0.4, 0.5) is 11.4 Å². The van der Waals surface area contributed by atoms with Gasteiger partial charge in [0, 0.05) is 17.7 Å². The Morgan fingerprint density at radius 2 is 1.35 bits per heavy atom. The van der Waals surface area contributed by atoms with Crippen molar-refractivity contribution in [1.29, 1.82) is 0 Å². The fraction of sp³-hybridized carbons (Fsp3) is 0.440. The van der Waals surface area contributed by atoms with E-state index in [1.54, 1.807) is 36.4 Å². The van der Waals surface area contributed by atoms with Crippen molar-refractivity contribution in [2.24, 2.45) is 0 Å². The lowest BCUT2D eigenvalue weighted by molar-refractivity contribution is 0.0949. The van der Waals surface area contributed by atoms with E-state index in [2.05, 4.69) is 29.4 Å². The molecule has 2 aromatic rings. The van der Waals surface area contributed by atoms with Crippen LogP contribution in [0.3, 0.4) is 0 Å².